The molecule has 1 heterocycles. The summed E-state index contributed by atoms with van der Waals surface area (Å²) in [6, 6.07) is 6.64. The number of carboxylic acid groups (broad SMARTS) is 1. The molecule has 0 radical (unpaired) electrons. The average Bonchev–Trinajstić information content (AvgIpc) is 2.76. The minimum atomic E-state index is -4.23. The summed E-state index contributed by atoms with van der Waals surface area (Å²) in [6.45, 7) is 2.31. The van der Waals surface area contributed by atoms with Gasteiger partial charge in [-0.3, -0.25) is 9.54 Å². The number of methoxy groups -OCH3 is 1. The van der Waals surface area contributed by atoms with Crippen molar-refractivity contribution in [2.24, 2.45) is 0 Å². The number of nitrogens with zero attached hydrogens (tertiary/aromatic N) is 1. The first-order valence-electron chi connectivity index (χ1n) is 11.1. The van der Waals surface area contributed by atoms with Crippen LogP contribution in [-0.4, -0.2) is 42.7 Å². The molecule has 0 saturated carbocycles. The summed E-state index contributed by atoms with van der Waals surface area (Å²) in [5.74, 6) is -0.339. The van der Waals surface area contributed by atoms with Gasteiger partial charge in [0.25, 0.3) is 0 Å². The van der Waals surface area contributed by atoms with Crippen LogP contribution in [0.2, 0.25) is 0 Å². The van der Waals surface area contributed by atoms with Crippen LogP contribution in [0.15, 0.2) is 30.5 Å². The van der Waals surface area contributed by atoms with Gasteiger partial charge in [-0.25, -0.2) is 8.98 Å². The first-order valence-corrected chi connectivity index (χ1v) is 12.4. The number of benzene rings is 1. The average molecular weight is 470 g/mol. The van der Waals surface area contributed by atoms with E-state index in [9.17, 15) is 13.2 Å². The summed E-state index contributed by atoms with van der Waals surface area (Å²) in [7, 11) is -2.69. The number of carbonyl (C=O) groups is 1. The van der Waals surface area contributed by atoms with Gasteiger partial charge < -0.3 is 9.84 Å². The van der Waals surface area contributed by atoms with Gasteiger partial charge in [-0.05, 0) is 30.7 Å². The highest BCUT2D eigenvalue weighted by molar-refractivity contribution is 7.80. The van der Waals surface area contributed by atoms with Crippen LogP contribution in [0.1, 0.15) is 81.5 Å². The minimum absolute atomic E-state index is 0.0926. The van der Waals surface area contributed by atoms with Crippen molar-refractivity contribution in [1.29, 1.82) is 0 Å². The molecule has 2 rings (SSSR count). The molecule has 1 aromatic carbocycles. The van der Waals surface area contributed by atoms with Crippen molar-refractivity contribution in [3.8, 4) is 5.75 Å². The lowest BCUT2D eigenvalue weighted by Gasteiger charge is -2.04. The third kappa shape index (κ3) is 12.0. The van der Waals surface area contributed by atoms with Crippen molar-refractivity contribution >= 4 is 27.3 Å². The van der Waals surface area contributed by atoms with E-state index in [2.05, 4.69) is 16.1 Å². The number of hydrogen-bond donors (Lipinski definition) is 2. The standard InChI is InChI=1S/C12H26O4S.C11H9NO3/c1-2-3-4-5-6-7-8-9-10-11-12-16-17(13,14)15;1-15-7-2-3-10-9(6-7)8(11(13)14)4-5-12-10/h2-12H2,1H3,(H,13,14,15);2-6H,1H3,(H,13,14). The number of ether oxygens (including phenoxy) is 1. The molecule has 180 valence electrons. The number of fused-ring (bicyclic) bond motifs is 1. The number of unbranched alkanes of at least 4 members (excludes halogenated alkanes) is 9. The van der Waals surface area contributed by atoms with Crippen LogP contribution in [0.25, 0.3) is 10.9 Å². The Morgan fingerprint density at radius 2 is 1.56 bits per heavy atom. The lowest BCUT2D eigenvalue weighted by molar-refractivity contribution is 0.0699. The largest absolute Gasteiger partial charge is 0.497 e. The number of aromatic carboxylic acids is 1. The Morgan fingerprint density at radius 1 is 0.969 bits per heavy atom. The van der Waals surface area contributed by atoms with E-state index in [1.54, 1.807) is 18.2 Å². The molecule has 0 aliphatic rings. The van der Waals surface area contributed by atoms with Gasteiger partial charge in [-0.1, -0.05) is 64.7 Å². The summed E-state index contributed by atoms with van der Waals surface area (Å²) >= 11 is 0. The zero-order valence-corrected chi connectivity index (χ0v) is 19.8. The van der Waals surface area contributed by atoms with E-state index in [4.69, 9.17) is 14.4 Å². The topological polar surface area (TPSA) is 123 Å². The van der Waals surface area contributed by atoms with Crippen LogP contribution in [0.5, 0.6) is 5.75 Å². The summed E-state index contributed by atoms with van der Waals surface area (Å²) in [4.78, 5) is 15.0. The highest BCUT2D eigenvalue weighted by Gasteiger charge is 2.09. The molecule has 0 saturated heterocycles. The van der Waals surface area contributed by atoms with Crippen LogP contribution >= 0.6 is 0 Å². The van der Waals surface area contributed by atoms with Gasteiger partial charge in [0.05, 0.1) is 24.8 Å². The molecule has 0 atom stereocenters. The molecule has 32 heavy (non-hydrogen) atoms. The van der Waals surface area contributed by atoms with Crippen LogP contribution in [0.3, 0.4) is 0 Å². The Bertz CT molecular complexity index is 916. The monoisotopic (exact) mass is 469 g/mol. The van der Waals surface area contributed by atoms with Gasteiger partial charge in [0.15, 0.2) is 0 Å². The fourth-order valence-electron chi connectivity index (χ4n) is 3.19. The van der Waals surface area contributed by atoms with Gasteiger partial charge in [0.2, 0.25) is 0 Å². The molecule has 0 aliphatic heterocycles. The third-order valence-electron chi connectivity index (χ3n) is 4.91. The predicted octanol–water partition coefficient (Wildman–Crippen LogP) is 5.67. The second-order valence-electron chi connectivity index (χ2n) is 7.48. The van der Waals surface area contributed by atoms with Crippen LogP contribution < -0.4 is 4.74 Å². The maximum Gasteiger partial charge on any atom is 0.397 e. The molecule has 0 bridgehead atoms. The van der Waals surface area contributed by atoms with Crippen LogP contribution in [-0.2, 0) is 14.6 Å². The molecule has 2 N–H and O–H groups in total. The first kappa shape index (κ1) is 27.8. The number of aromatic nitrogens is 1. The smallest absolute Gasteiger partial charge is 0.397 e. The number of carboxylic acids is 1. The Kier molecular flexibility index (Phi) is 13.5. The molecule has 8 nitrogen and oxygen atoms in total. The van der Waals surface area contributed by atoms with E-state index < -0.39 is 16.4 Å². The molecule has 0 spiro atoms. The van der Waals surface area contributed by atoms with Crippen molar-refractivity contribution in [1.82, 2.24) is 4.98 Å². The van der Waals surface area contributed by atoms with Crippen molar-refractivity contribution in [2.75, 3.05) is 13.7 Å². The summed E-state index contributed by atoms with van der Waals surface area (Å²) in [6.07, 6.45) is 13.3. The maximum absolute atomic E-state index is 10.9. The van der Waals surface area contributed by atoms with Crippen molar-refractivity contribution in [3.63, 3.8) is 0 Å². The lowest BCUT2D eigenvalue weighted by Crippen LogP contribution is -2.04. The van der Waals surface area contributed by atoms with Crippen LogP contribution in [0, 0.1) is 0 Å². The number of hydrogen-bond acceptors (Lipinski definition) is 6. The molecule has 0 unspecified atom stereocenters. The fraction of sp³-hybridized carbons (Fsp3) is 0.565. The molecular weight excluding hydrogens is 434 g/mol. The fourth-order valence-corrected chi connectivity index (χ4v) is 3.52. The molecule has 2 aromatic rings. The Labute approximate surface area is 190 Å². The molecule has 0 fully saturated rings. The molecule has 1 aromatic heterocycles. The molecule has 0 aliphatic carbocycles. The SMILES string of the molecule is CCCCCCCCCCCCOS(=O)(=O)O.COc1ccc2nccc(C(=O)O)c2c1. The van der Waals surface area contributed by atoms with Crippen molar-refractivity contribution in [3.05, 3.63) is 36.0 Å². The van der Waals surface area contributed by atoms with E-state index in [-0.39, 0.29) is 12.2 Å². The van der Waals surface area contributed by atoms with Crippen molar-refractivity contribution < 1.29 is 31.8 Å². The molecule has 0 amide bonds. The Balaban J connectivity index is 0.000000321. The second kappa shape index (κ2) is 15.6. The Hall–Kier alpha value is -2.23. The summed E-state index contributed by atoms with van der Waals surface area (Å²) < 4.78 is 38.0. The number of rotatable bonds is 14. The van der Waals surface area contributed by atoms with E-state index in [0.717, 1.165) is 12.8 Å². The predicted molar refractivity (Wildman–Crippen MR) is 125 cm³/mol. The minimum Gasteiger partial charge on any atom is -0.497 e. The zero-order valence-electron chi connectivity index (χ0n) is 19.0. The van der Waals surface area contributed by atoms with Gasteiger partial charge in [0, 0.05) is 11.6 Å². The number of pyridine rings is 1. The van der Waals surface area contributed by atoms with E-state index in [0.29, 0.717) is 23.1 Å². The van der Waals surface area contributed by atoms with E-state index in [1.165, 1.54) is 64.3 Å². The third-order valence-corrected chi connectivity index (χ3v) is 5.37. The highest BCUT2D eigenvalue weighted by Crippen LogP contribution is 2.22. The van der Waals surface area contributed by atoms with Crippen molar-refractivity contribution in [2.45, 2.75) is 71.1 Å². The van der Waals surface area contributed by atoms with Gasteiger partial charge in [-0.15, -0.1) is 0 Å². The second-order valence-corrected chi connectivity index (χ2v) is 8.57. The zero-order chi connectivity index (χ0) is 23.8. The van der Waals surface area contributed by atoms with E-state index >= 15 is 0 Å². The lowest BCUT2D eigenvalue weighted by atomic mass is 10.1. The highest BCUT2D eigenvalue weighted by atomic mass is 32.3. The molecule has 9 heteroatoms. The normalized spacial score (nSPS) is 11.1. The van der Waals surface area contributed by atoms with Gasteiger partial charge >= 0.3 is 16.4 Å². The maximum atomic E-state index is 10.9. The van der Waals surface area contributed by atoms with E-state index in [1.807, 2.05) is 0 Å². The first-order chi connectivity index (χ1) is 15.3. The van der Waals surface area contributed by atoms with Crippen LogP contribution in [0.4, 0.5) is 0 Å². The molecular formula is C23H35NO7S. The summed E-state index contributed by atoms with van der Waals surface area (Å²) in [5, 5.41) is 9.57. The Morgan fingerprint density at radius 3 is 2.09 bits per heavy atom. The van der Waals surface area contributed by atoms with Gasteiger partial charge in [-0.2, -0.15) is 8.42 Å². The summed E-state index contributed by atoms with van der Waals surface area (Å²) in [5.41, 5.74) is 0.884. The quantitative estimate of drug-likeness (QED) is 0.268. The van der Waals surface area contributed by atoms with Gasteiger partial charge in [0.1, 0.15) is 5.75 Å².